The molecule has 0 bridgehead atoms. The first-order valence-corrected chi connectivity index (χ1v) is 11.0. The zero-order chi connectivity index (χ0) is 20.6. The first kappa shape index (κ1) is 20.5. The maximum Gasteiger partial charge on any atom is 0.320 e. The number of aromatic nitrogens is 4. The molecule has 0 aromatic carbocycles. The van der Waals surface area contributed by atoms with Gasteiger partial charge in [0.2, 0.25) is 5.88 Å². The fourth-order valence-electron chi connectivity index (χ4n) is 3.14. The van der Waals surface area contributed by atoms with Crippen LogP contribution >= 0.6 is 0 Å². The Hall–Kier alpha value is -2.19. The Morgan fingerprint density at radius 3 is 2.75 bits per heavy atom. The number of imidazole rings is 1. The maximum atomic E-state index is 12.8. The summed E-state index contributed by atoms with van der Waals surface area (Å²) in [6.07, 6.45) is -0.739. The summed E-state index contributed by atoms with van der Waals surface area (Å²) in [5.74, 6) is -1.49. The van der Waals surface area contributed by atoms with Crippen molar-refractivity contribution in [3.63, 3.8) is 0 Å². The van der Waals surface area contributed by atoms with E-state index in [0.29, 0.717) is 0 Å². The Morgan fingerprint density at radius 2 is 2.07 bits per heavy atom. The van der Waals surface area contributed by atoms with Crippen molar-refractivity contribution in [1.82, 2.24) is 19.5 Å². The second kappa shape index (κ2) is 7.67. The molecule has 0 aliphatic carbocycles. The van der Waals surface area contributed by atoms with Crippen LogP contribution in [0.4, 0.5) is 0 Å². The molecule has 1 fully saturated rings. The van der Waals surface area contributed by atoms with Crippen LogP contribution in [-0.2, 0) is 19.5 Å². The Bertz CT molecular complexity index is 921. The van der Waals surface area contributed by atoms with Crippen LogP contribution in [0.1, 0.15) is 12.6 Å². The van der Waals surface area contributed by atoms with Crippen molar-refractivity contribution in [3.05, 3.63) is 12.7 Å². The summed E-state index contributed by atoms with van der Waals surface area (Å²) in [5, 5.41) is 39.3. The minimum Gasteiger partial charge on any atom is -0.492 e. The van der Waals surface area contributed by atoms with Crippen LogP contribution in [0.25, 0.3) is 11.2 Å². The molecular weight excluding hydrogens is 394 g/mol. The summed E-state index contributed by atoms with van der Waals surface area (Å²) >= 11 is 0. The van der Waals surface area contributed by atoms with E-state index in [2.05, 4.69) is 15.0 Å². The number of nitrogens with two attached hydrogens (primary N) is 1. The molecule has 0 radical (unpaired) electrons. The predicted molar refractivity (Wildman–Crippen MR) is 98.3 cm³/mol. The largest absolute Gasteiger partial charge is 0.492 e. The van der Waals surface area contributed by atoms with E-state index in [1.165, 1.54) is 17.2 Å². The number of nitrogens with zero attached hydrogens (tertiary/aromatic N) is 4. The van der Waals surface area contributed by atoms with Crippen LogP contribution in [0.15, 0.2) is 12.7 Å². The van der Waals surface area contributed by atoms with Gasteiger partial charge >= 0.3 is 5.97 Å². The number of thiol groups is 1. The van der Waals surface area contributed by atoms with Gasteiger partial charge in [0.15, 0.2) is 17.4 Å². The Labute approximate surface area is 160 Å². The third-order valence-electron chi connectivity index (χ3n) is 4.75. The van der Waals surface area contributed by atoms with Crippen LogP contribution in [0.2, 0.25) is 0 Å². The lowest BCUT2D eigenvalue weighted by molar-refractivity contribution is -0.138. The number of rotatable bonds is 7. The number of carbonyl (C=O) groups is 1. The van der Waals surface area contributed by atoms with E-state index in [4.69, 9.17) is 15.6 Å². The summed E-state index contributed by atoms with van der Waals surface area (Å²) in [5.41, 5.74) is 5.76. The zero-order valence-corrected chi connectivity index (χ0v) is 15.9. The van der Waals surface area contributed by atoms with Gasteiger partial charge in [0.25, 0.3) is 0 Å². The Balaban J connectivity index is 1.74. The third-order valence-corrected chi connectivity index (χ3v) is 7.08. The van der Waals surface area contributed by atoms with Crippen LogP contribution in [0, 0.1) is 0 Å². The molecular formula is C15H23N5O7S. The summed E-state index contributed by atoms with van der Waals surface area (Å²) < 4.78 is 19.9. The van der Waals surface area contributed by atoms with E-state index in [9.17, 15) is 24.3 Å². The van der Waals surface area contributed by atoms with Gasteiger partial charge in [0.05, 0.1) is 12.4 Å². The summed E-state index contributed by atoms with van der Waals surface area (Å²) in [7, 11) is -2.89. The van der Waals surface area contributed by atoms with E-state index < -0.39 is 46.5 Å². The number of aliphatic hydroxyl groups is 2. The fourth-order valence-corrected chi connectivity index (χ4v) is 5.21. The molecule has 28 heavy (non-hydrogen) atoms. The molecule has 3 rings (SSSR count). The highest BCUT2D eigenvalue weighted by molar-refractivity contribution is 8.02. The van der Waals surface area contributed by atoms with E-state index in [1.54, 1.807) is 0 Å². The topological polar surface area (TPSA) is 194 Å². The number of carboxylic acids is 1. The van der Waals surface area contributed by atoms with Crippen LogP contribution in [-0.4, -0.2) is 92.2 Å². The average Bonchev–Trinajstić information content (AvgIpc) is 3.17. The lowest BCUT2D eigenvalue weighted by Gasteiger charge is -2.24. The molecule has 3 heterocycles. The van der Waals surface area contributed by atoms with Crippen molar-refractivity contribution in [2.45, 2.75) is 37.0 Å². The van der Waals surface area contributed by atoms with Gasteiger partial charge in [-0.3, -0.25) is 13.6 Å². The second-order valence-electron chi connectivity index (χ2n) is 7.00. The van der Waals surface area contributed by atoms with E-state index in [-0.39, 0.29) is 35.0 Å². The van der Waals surface area contributed by atoms with Crippen molar-refractivity contribution in [3.8, 4) is 5.88 Å². The van der Waals surface area contributed by atoms with Gasteiger partial charge in [-0.25, -0.2) is 9.97 Å². The molecule has 12 nitrogen and oxygen atoms in total. The van der Waals surface area contributed by atoms with Gasteiger partial charge in [-0.05, 0) is 12.7 Å². The first-order valence-electron chi connectivity index (χ1n) is 8.53. The molecule has 1 saturated heterocycles. The normalized spacial score (nSPS) is 27.1. The van der Waals surface area contributed by atoms with E-state index in [1.807, 2.05) is 0 Å². The second-order valence-corrected chi connectivity index (χ2v) is 10.4. The molecule has 0 amide bonds. The van der Waals surface area contributed by atoms with Crippen LogP contribution in [0.5, 0.6) is 5.88 Å². The third kappa shape index (κ3) is 3.98. The fraction of sp³-hybridized carbons (Fsp3) is 0.600. The minimum absolute atomic E-state index is 0.0280. The lowest BCUT2D eigenvalue weighted by Crippen LogP contribution is -2.39. The standard InChI is InChI=1S/C15H23N5O7S/c1-28(26,3-2-7(16)15(24)25)4-8-10(21)11(22)14(27-8)20-6-19-9-12(20)17-5-18-13(9)23/h5-8,10-11,14,21-22,28H,2-4,16H2,1H3,(H,24,25)(H,17,18,23)/t7-,8+,10+,11+,14+/m0/s1. The Kier molecular flexibility index (Phi) is 5.63. The van der Waals surface area contributed by atoms with Gasteiger partial charge in [-0.1, -0.05) is 0 Å². The van der Waals surface area contributed by atoms with Crippen molar-refractivity contribution in [1.29, 1.82) is 0 Å². The van der Waals surface area contributed by atoms with Crippen molar-refractivity contribution in [2.24, 2.45) is 5.73 Å². The number of carboxylic acid groups (broad SMARTS) is 1. The Morgan fingerprint density at radius 1 is 1.36 bits per heavy atom. The molecule has 2 aromatic heterocycles. The highest BCUT2D eigenvalue weighted by Crippen LogP contribution is 2.33. The van der Waals surface area contributed by atoms with E-state index in [0.717, 1.165) is 6.33 Å². The maximum absolute atomic E-state index is 12.8. The number of hydrogen-bond donors (Lipinski definition) is 6. The molecule has 1 aliphatic heterocycles. The van der Waals surface area contributed by atoms with Crippen molar-refractivity contribution in [2.75, 3.05) is 17.8 Å². The van der Waals surface area contributed by atoms with Gasteiger partial charge < -0.3 is 30.9 Å². The predicted octanol–water partition coefficient (Wildman–Crippen LogP) is -2.40. The molecule has 6 N–H and O–H groups in total. The quantitative estimate of drug-likeness (QED) is 0.263. The number of aliphatic carboxylic acids is 1. The highest BCUT2D eigenvalue weighted by Gasteiger charge is 2.45. The van der Waals surface area contributed by atoms with Crippen LogP contribution in [0.3, 0.4) is 0 Å². The number of aliphatic hydroxyl groups excluding tert-OH is 2. The van der Waals surface area contributed by atoms with Gasteiger partial charge in [-0.15, -0.1) is 9.93 Å². The molecule has 1 aliphatic rings. The minimum atomic E-state index is -2.89. The first-order chi connectivity index (χ1) is 13.1. The number of aromatic hydroxyl groups is 1. The van der Waals surface area contributed by atoms with Gasteiger partial charge in [-0.2, -0.15) is 4.98 Å². The van der Waals surface area contributed by atoms with E-state index >= 15 is 0 Å². The molecule has 5 atom stereocenters. The van der Waals surface area contributed by atoms with Gasteiger partial charge in [0, 0.05) is 11.5 Å². The van der Waals surface area contributed by atoms with Crippen LogP contribution < -0.4 is 5.73 Å². The van der Waals surface area contributed by atoms with Crippen molar-refractivity contribution >= 4 is 27.1 Å². The summed E-state index contributed by atoms with van der Waals surface area (Å²) in [4.78, 5) is 22.4. The summed E-state index contributed by atoms with van der Waals surface area (Å²) in [6.45, 7) is 0. The molecule has 2 aromatic rings. The van der Waals surface area contributed by atoms with Gasteiger partial charge in [0.1, 0.15) is 24.6 Å². The highest BCUT2D eigenvalue weighted by atomic mass is 32.2. The molecule has 13 heteroatoms. The summed E-state index contributed by atoms with van der Waals surface area (Å²) in [6, 6.07) is -1.12. The molecule has 0 saturated carbocycles. The molecule has 0 spiro atoms. The molecule has 156 valence electrons. The number of hydrogen-bond acceptors (Lipinski definition) is 10. The smallest absolute Gasteiger partial charge is 0.320 e. The SMILES string of the molecule is C[SH](=O)(CC[C@H](N)C(=O)O)C[C@H]1O[C@@H](n2cnc3c(O)ncnc32)[C@H](O)[C@@H]1O. The number of fused-ring (bicyclic) bond motifs is 1. The zero-order valence-electron chi connectivity index (χ0n) is 15.0. The molecule has 0 unspecified atom stereocenters. The average molecular weight is 417 g/mol. The number of ether oxygens (including phenoxy) is 1. The monoisotopic (exact) mass is 417 g/mol. The lowest BCUT2D eigenvalue weighted by atomic mass is 10.1. The van der Waals surface area contributed by atoms with Crippen molar-refractivity contribution < 1.29 is 34.2 Å².